The zero-order valence-electron chi connectivity index (χ0n) is 31.8. The van der Waals surface area contributed by atoms with Crippen LogP contribution in [-0.2, 0) is 20.8 Å². The highest BCUT2D eigenvalue weighted by molar-refractivity contribution is 6.45. The molecule has 51 heavy (non-hydrogen) atoms. The van der Waals surface area contributed by atoms with Crippen LogP contribution in [0.5, 0.6) is 5.75 Å². The van der Waals surface area contributed by atoms with Gasteiger partial charge in [-0.25, -0.2) is 14.0 Å². The molecule has 1 unspecified atom stereocenters. The van der Waals surface area contributed by atoms with E-state index in [4.69, 9.17) is 19.6 Å². The maximum atomic E-state index is 13.4. The first kappa shape index (κ1) is 42.5. The lowest BCUT2D eigenvalue weighted by atomic mass is 9.88. The van der Waals surface area contributed by atoms with Gasteiger partial charge in [-0.2, -0.15) is 0 Å². The Hall–Kier alpha value is -4.68. The smallest absolute Gasteiger partial charge is 0.414 e. The summed E-state index contributed by atoms with van der Waals surface area (Å²) < 4.78 is 30.0. The highest BCUT2D eigenvalue weighted by atomic mass is 19.1. The zero-order chi connectivity index (χ0) is 38.4. The van der Waals surface area contributed by atoms with E-state index in [1.807, 2.05) is 27.7 Å². The highest BCUT2D eigenvalue weighted by Crippen LogP contribution is 2.25. The van der Waals surface area contributed by atoms with Gasteiger partial charge in [0.1, 0.15) is 28.5 Å². The molecule has 0 saturated heterocycles. The summed E-state index contributed by atoms with van der Waals surface area (Å²) in [4.78, 5) is 41.9. The number of carbonyl (C=O) groups is 3. The van der Waals surface area contributed by atoms with E-state index < -0.39 is 29.3 Å². The van der Waals surface area contributed by atoms with E-state index in [1.165, 1.54) is 12.1 Å². The normalized spacial score (nSPS) is 12.2. The van der Waals surface area contributed by atoms with Crippen LogP contribution in [-0.4, -0.2) is 60.2 Å². The second-order valence-electron chi connectivity index (χ2n) is 15.4. The molecule has 0 aliphatic carbocycles. The van der Waals surface area contributed by atoms with Crippen molar-refractivity contribution in [2.24, 2.45) is 10.4 Å². The second-order valence-corrected chi connectivity index (χ2v) is 15.4. The third-order valence-electron chi connectivity index (χ3n) is 7.36. The number of anilines is 1. The van der Waals surface area contributed by atoms with Crippen molar-refractivity contribution < 1.29 is 33.0 Å². The van der Waals surface area contributed by atoms with E-state index in [9.17, 15) is 18.8 Å². The lowest BCUT2D eigenvalue weighted by Gasteiger charge is -2.28. The maximum Gasteiger partial charge on any atom is 0.414 e. The molecule has 282 valence electrons. The molecule has 2 rings (SSSR count). The van der Waals surface area contributed by atoms with Gasteiger partial charge in [0.05, 0.1) is 6.61 Å². The Morgan fingerprint density at radius 2 is 1.39 bits per heavy atom. The Labute approximate surface area is 302 Å². The fraction of sp³-hybridized carbons (Fsp3) is 0.553. The molecule has 1 atom stereocenters. The first-order valence-corrected chi connectivity index (χ1v) is 17.3. The highest BCUT2D eigenvalue weighted by Gasteiger charge is 2.25. The van der Waals surface area contributed by atoms with Crippen LogP contribution in [0.1, 0.15) is 106 Å². The molecule has 0 aliphatic rings. The Morgan fingerprint density at radius 1 is 0.824 bits per heavy atom. The van der Waals surface area contributed by atoms with Crippen LogP contribution < -0.4 is 26.0 Å². The average Bonchev–Trinajstić information content (AvgIpc) is 2.99. The van der Waals surface area contributed by atoms with Gasteiger partial charge >= 0.3 is 12.2 Å². The number of rotatable bonds is 14. The van der Waals surface area contributed by atoms with Crippen LogP contribution in [0, 0.1) is 16.6 Å². The molecule has 0 spiro atoms. The summed E-state index contributed by atoms with van der Waals surface area (Å²) in [5.41, 5.74) is 0.0105. The fourth-order valence-electron chi connectivity index (χ4n) is 4.24. The van der Waals surface area contributed by atoms with Gasteiger partial charge in [0.2, 0.25) is 5.96 Å². The number of amides is 3. The first-order chi connectivity index (χ1) is 23.6. The summed E-state index contributed by atoms with van der Waals surface area (Å²) in [5.74, 6) is -0.284. The number of ether oxygens (including phenoxy) is 3. The minimum absolute atomic E-state index is 0.0524. The van der Waals surface area contributed by atoms with Crippen LogP contribution in [0.4, 0.5) is 19.7 Å². The SMILES string of the molecule is CC(NC(=O)C(=N)c1ccc(OCCCCCCN=C(NC(=O)OC(C)(C)C)NC(=O)OC(C)(C)C)cc1NCc1ccc(F)cc1)C(C)(C)C. The number of guanidine groups is 1. The molecule has 0 heterocycles. The topological polar surface area (TPSA) is 163 Å². The Balaban J connectivity index is 1.99. The van der Waals surface area contributed by atoms with Gasteiger partial charge in [0, 0.05) is 36.4 Å². The number of hydrogen-bond donors (Lipinski definition) is 5. The number of nitrogens with zero attached hydrogens (tertiary/aromatic N) is 1. The summed E-state index contributed by atoms with van der Waals surface area (Å²) in [6, 6.07) is 11.2. The number of unbranched alkanes of at least 4 members (excludes halogenated alkanes) is 3. The van der Waals surface area contributed by atoms with E-state index in [0.29, 0.717) is 43.1 Å². The molecular weight excluding hydrogens is 655 g/mol. The monoisotopic (exact) mass is 712 g/mol. The Bertz CT molecular complexity index is 1470. The standard InChI is InChI=1S/C38H57FN6O6/c1-25(36(2,3)4)43-32(46)31(40)29-20-19-28(23-30(29)42-24-26-15-17-27(39)18-16-26)49-22-14-12-11-13-21-41-33(44-34(47)50-37(5,6)7)45-35(48)51-38(8,9)10/h15-20,23,25,40,42H,11-14,21-22,24H2,1-10H3,(H,43,46)(H2,41,44,45,47,48). The summed E-state index contributed by atoms with van der Waals surface area (Å²) in [5, 5.41) is 19.8. The quantitative estimate of drug-likeness (QED) is 0.0761. The van der Waals surface area contributed by atoms with Crippen LogP contribution in [0.3, 0.4) is 0 Å². The van der Waals surface area contributed by atoms with Gasteiger partial charge in [-0.05, 0) is 103 Å². The molecule has 2 aromatic carbocycles. The molecule has 2 aromatic rings. The van der Waals surface area contributed by atoms with Gasteiger partial charge in [-0.1, -0.05) is 39.3 Å². The van der Waals surface area contributed by atoms with E-state index >= 15 is 0 Å². The van der Waals surface area contributed by atoms with Crippen molar-refractivity contribution in [3.8, 4) is 5.75 Å². The van der Waals surface area contributed by atoms with Gasteiger partial charge in [-0.3, -0.25) is 25.8 Å². The van der Waals surface area contributed by atoms with Gasteiger partial charge in [0.25, 0.3) is 5.91 Å². The van der Waals surface area contributed by atoms with Crippen LogP contribution in [0.15, 0.2) is 47.5 Å². The molecule has 13 heteroatoms. The number of nitrogens with one attached hydrogen (secondary N) is 5. The molecule has 0 bridgehead atoms. The van der Waals surface area contributed by atoms with Gasteiger partial charge < -0.3 is 24.8 Å². The Kier molecular flexibility index (Phi) is 15.9. The Morgan fingerprint density at radius 3 is 1.94 bits per heavy atom. The number of benzene rings is 2. The molecule has 5 N–H and O–H groups in total. The lowest BCUT2D eigenvalue weighted by Crippen LogP contribution is -2.47. The average molecular weight is 713 g/mol. The molecule has 0 fully saturated rings. The lowest BCUT2D eigenvalue weighted by molar-refractivity contribution is -0.116. The van der Waals surface area contributed by atoms with Crippen molar-refractivity contribution in [1.82, 2.24) is 16.0 Å². The number of aliphatic imine (C=N–C) groups is 1. The van der Waals surface area contributed by atoms with Crippen molar-refractivity contribution in [1.29, 1.82) is 5.41 Å². The van der Waals surface area contributed by atoms with E-state index in [0.717, 1.165) is 24.8 Å². The van der Waals surface area contributed by atoms with Crippen LogP contribution >= 0.6 is 0 Å². The second kappa shape index (κ2) is 19.1. The predicted molar refractivity (Wildman–Crippen MR) is 199 cm³/mol. The van der Waals surface area contributed by atoms with Crippen molar-refractivity contribution in [2.75, 3.05) is 18.5 Å². The van der Waals surface area contributed by atoms with Gasteiger partial charge in [0.15, 0.2) is 0 Å². The molecule has 0 saturated carbocycles. The molecular formula is C38H57FN6O6. The minimum Gasteiger partial charge on any atom is -0.494 e. The number of carbonyl (C=O) groups excluding carboxylic acids is 3. The predicted octanol–water partition coefficient (Wildman–Crippen LogP) is 7.70. The summed E-state index contributed by atoms with van der Waals surface area (Å²) in [6.07, 6.45) is 1.62. The summed E-state index contributed by atoms with van der Waals surface area (Å²) >= 11 is 0. The van der Waals surface area contributed by atoms with E-state index in [1.54, 1.807) is 71.9 Å². The van der Waals surface area contributed by atoms with Crippen molar-refractivity contribution in [2.45, 2.75) is 119 Å². The van der Waals surface area contributed by atoms with Gasteiger partial charge in [-0.15, -0.1) is 0 Å². The van der Waals surface area contributed by atoms with E-state index in [2.05, 4.69) is 26.3 Å². The molecule has 12 nitrogen and oxygen atoms in total. The van der Waals surface area contributed by atoms with E-state index in [-0.39, 0.29) is 28.9 Å². The molecule has 3 amide bonds. The summed E-state index contributed by atoms with van der Waals surface area (Å²) in [7, 11) is 0. The van der Waals surface area contributed by atoms with Crippen LogP contribution in [0.25, 0.3) is 0 Å². The largest absolute Gasteiger partial charge is 0.494 e. The number of hydrogen-bond acceptors (Lipinski definition) is 9. The van der Waals surface area contributed by atoms with Crippen molar-refractivity contribution >= 4 is 35.5 Å². The minimum atomic E-state index is -0.744. The number of alkyl carbamates (subject to hydrolysis) is 2. The fourth-order valence-corrected chi connectivity index (χ4v) is 4.24. The maximum absolute atomic E-state index is 13.4. The third kappa shape index (κ3) is 17.2. The first-order valence-electron chi connectivity index (χ1n) is 17.3. The molecule has 0 aliphatic heterocycles. The zero-order valence-corrected chi connectivity index (χ0v) is 31.8. The number of halogens is 1. The molecule has 0 aromatic heterocycles. The molecule has 0 radical (unpaired) electrons. The van der Waals surface area contributed by atoms with Crippen molar-refractivity contribution in [3.63, 3.8) is 0 Å². The summed E-state index contributed by atoms with van der Waals surface area (Å²) in [6.45, 7) is 19.5. The van der Waals surface area contributed by atoms with Crippen LogP contribution in [0.2, 0.25) is 0 Å². The van der Waals surface area contributed by atoms with Crippen molar-refractivity contribution in [3.05, 3.63) is 59.4 Å². The third-order valence-corrected chi connectivity index (χ3v) is 7.36.